The first-order valence-electron chi connectivity index (χ1n) is 5.54. The van der Waals surface area contributed by atoms with Gasteiger partial charge in [-0.25, -0.2) is 9.90 Å². The summed E-state index contributed by atoms with van der Waals surface area (Å²) >= 11 is 0. The van der Waals surface area contributed by atoms with Crippen molar-refractivity contribution >= 4 is 5.91 Å². The van der Waals surface area contributed by atoms with Crippen LogP contribution in [0.4, 0.5) is 8.78 Å². The van der Waals surface area contributed by atoms with E-state index in [1.54, 1.807) is 31.2 Å². The highest BCUT2D eigenvalue weighted by Crippen LogP contribution is 2.35. The summed E-state index contributed by atoms with van der Waals surface area (Å²) in [7, 11) is 0. The van der Waals surface area contributed by atoms with Crippen LogP contribution in [0.25, 0.3) is 0 Å². The number of alkyl halides is 2. The van der Waals surface area contributed by atoms with E-state index in [9.17, 15) is 13.6 Å². The minimum atomic E-state index is -3.03. The summed E-state index contributed by atoms with van der Waals surface area (Å²) in [6.07, 6.45) is 0. The zero-order chi connectivity index (χ0) is 13.3. The van der Waals surface area contributed by atoms with Crippen LogP contribution in [0.15, 0.2) is 30.3 Å². The van der Waals surface area contributed by atoms with Gasteiger partial charge in [-0.15, -0.1) is 0 Å². The molecule has 0 aliphatic carbocycles. The minimum absolute atomic E-state index is 0.0471. The molecule has 2 unspecified atom stereocenters. The summed E-state index contributed by atoms with van der Waals surface area (Å²) in [5.74, 6) is -0.540. The van der Waals surface area contributed by atoms with Gasteiger partial charge in [-0.2, -0.15) is 8.78 Å². The van der Waals surface area contributed by atoms with Gasteiger partial charge in [-0.1, -0.05) is 30.3 Å². The summed E-state index contributed by atoms with van der Waals surface area (Å²) in [6.45, 7) is -1.43. The molecule has 0 bridgehead atoms. The van der Waals surface area contributed by atoms with Gasteiger partial charge in [-0.3, -0.25) is 4.79 Å². The Morgan fingerprint density at radius 2 is 2.06 bits per heavy atom. The molecule has 98 valence electrons. The van der Waals surface area contributed by atoms with Crippen molar-refractivity contribution in [2.75, 3.05) is 6.54 Å². The van der Waals surface area contributed by atoms with Crippen LogP contribution in [0, 0.1) is 0 Å². The first kappa shape index (κ1) is 12.9. The Morgan fingerprint density at radius 3 is 2.61 bits per heavy atom. The second-order valence-electron chi connectivity index (χ2n) is 4.41. The van der Waals surface area contributed by atoms with Gasteiger partial charge in [0, 0.05) is 6.04 Å². The maximum atomic E-state index is 12.2. The molecule has 0 aromatic heterocycles. The molecule has 1 amide bonds. The predicted molar refractivity (Wildman–Crippen MR) is 60.6 cm³/mol. The first-order chi connectivity index (χ1) is 8.46. The molecular weight excluding hydrogens is 242 g/mol. The predicted octanol–water partition coefficient (Wildman–Crippen LogP) is 1.27. The largest absolute Gasteiger partial charge is 0.365 e. The lowest BCUT2D eigenvalue weighted by Gasteiger charge is -2.26. The number of amides is 1. The molecule has 2 atom stereocenters. The zero-order valence-corrected chi connectivity index (χ0v) is 9.85. The lowest BCUT2D eigenvalue weighted by atomic mass is 9.78. The van der Waals surface area contributed by atoms with Gasteiger partial charge in [0.15, 0.2) is 0 Å². The average Bonchev–Trinajstić information content (AvgIpc) is 2.55. The topological polar surface area (TPSA) is 55.6 Å². The van der Waals surface area contributed by atoms with Gasteiger partial charge in [0.25, 0.3) is 5.91 Å². The average molecular weight is 256 g/mol. The normalized spacial score (nSPS) is 28.2. The van der Waals surface area contributed by atoms with Crippen LogP contribution in [0.5, 0.6) is 0 Å². The number of rotatable bonds is 3. The summed E-state index contributed by atoms with van der Waals surface area (Å²) in [5.41, 5.74) is 5.58. The summed E-state index contributed by atoms with van der Waals surface area (Å²) in [6, 6.07) is 8.28. The quantitative estimate of drug-likeness (QED) is 0.886. The molecule has 4 nitrogen and oxygen atoms in total. The van der Waals surface area contributed by atoms with E-state index in [-0.39, 0.29) is 6.54 Å². The molecule has 1 heterocycles. The molecule has 0 radical (unpaired) electrons. The van der Waals surface area contributed by atoms with Crippen LogP contribution in [-0.4, -0.2) is 30.2 Å². The van der Waals surface area contributed by atoms with E-state index in [0.717, 1.165) is 0 Å². The standard InChI is InChI=1S/C12H14F2N2O2/c1-12(8-5-3-2-4-6-8)9(15)7-16(10(12)17)18-11(13)14/h2-6,9,11H,7,15H2,1H3. The molecule has 6 heteroatoms. The van der Waals surface area contributed by atoms with Gasteiger partial charge in [0.05, 0.1) is 12.0 Å². The lowest BCUT2D eigenvalue weighted by Crippen LogP contribution is -2.44. The van der Waals surface area contributed by atoms with Gasteiger partial charge in [0.2, 0.25) is 0 Å². The second kappa shape index (κ2) is 4.62. The fourth-order valence-electron chi connectivity index (χ4n) is 2.17. The van der Waals surface area contributed by atoms with Crippen LogP contribution < -0.4 is 5.73 Å². The maximum Gasteiger partial charge on any atom is 0.365 e. The summed E-state index contributed by atoms with van der Waals surface area (Å²) in [4.78, 5) is 16.3. The van der Waals surface area contributed by atoms with E-state index >= 15 is 0 Å². The third-order valence-electron chi connectivity index (χ3n) is 3.36. The number of nitrogens with zero attached hydrogens (tertiary/aromatic N) is 1. The molecule has 18 heavy (non-hydrogen) atoms. The van der Waals surface area contributed by atoms with Crippen LogP contribution >= 0.6 is 0 Å². The van der Waals surface area contributed by atoms with E-state index in [1.807, 2.05) is 6.07 Å². The molecule has 0 saturated carbocycles. The fraction of sp³-hybridized carbons (Fsp3) is 0.417. The molecule has 1 aliphatic rings. The Kier molecular flexibility index (Phi) is 3.32. The Labute approximate surface area is 103 Å². The molecular formula is C12H14F2N2O2. The van der Waals surface area contributed by atoms with Gasteiger partial charge in [0.1, 0.15) is 0 Å². The monoisotopic (exact) mass is 256 g/mol. The van der Waals surface area contributed by atoms with Crippen molar-refractivity contribution < 1.29 is 18.4 Å². The van der Waals surface area contributed by atoms with Crippen molar-refractivity contribution in [3.8, 4) is 0 Å². The van der Waals surface area contributed by atoms with Gasteiger partial charge in [-0.05, 0) is 12.5 Å². The third kappa shape index (κ3) is 1.97. The van der Waals surface area contributed by atoms with Crippen LogP contribution in [0.3, 0.4) is 0 Å². The molecule has 1 fully saturated rings. The fourth-order valence-corrected chi connectivity index (χ4v) is 2.17. The number of hydrogen-bond donors (Lipinski definition) is 1. The number of carbonyl (C=O) groups excluding carboxylic acids is 1. The van der Waals surface area contributed by atoms with Crippen LogP contribution in [0.1, 0.15) is 12.5 Å². The second-order valence-corrected chi connectivity index (χ2v) is 4.41. The zero-order valence-electron chi connectivity index (χ0n) is 9.85. The number of hydroxylamine groups is 2. The molecule has 1 aliphatic heterocycles. The highest BCUT2D eigenvalue weighted by Gasteiger charge is 2.51. The Hall–Kier alpha value is -1.53. The van der Waals surface area contributed by atoms with E-state index < -0.39 is 24.0 Å². The Bertz CT molecular complexity index is 441. The van der Waals surface area contributed by atoms with Crippen molar-refractivity contribution in [1.82, 2.24) is 5.06 Å². The lowest BCUT2D eigenvalue weighted by molar-refractivity contribution is -0.267. The number of carbonyl (C=O) groups is 1. The van der Waals surface area contributed by atoms with Gasteiger partial charge < -0.3 is 5.73 Å². The number of nitrogens with two attached hydrogens (primary N) is 1. The minimum Gasteiger partial charge on any atom is -0.325 e. The van der Waals surface area contributed by atoms with E-state index in [1.165, 1.54) is 0 Å². The number of benzene rings is 1. The molecule has 2 N–H and O–H groups in total. The highest BCUT2D eigenvalue weighted by atomic mass is 19.3. The van der Waals surface area contributed by atoms with E-state index in [4.69, 9.17) is 5.73 Å². The van der Waals surface area contributed by atoms with E-state index in [2.05, 4.69) is 4.84 Å². The summed E-state index contributed by atoms with van der Waals surface area (Å²) < 4.78 is 24.4. The molecule has 1 aromatic carbocycles. The maximum absolute atomic E-state index is 12.2. The van der Waals surface area contributed by atoms with Gasteiger partial charge >= 0.3 is 6.61 Å². The Morgan fingerprint density at radius 1 is 1.44 bits per heavy atom. The number of hydrogen-bond acceptors (Lipinski definition) is 3. The molecule has 2 rings (SSSR count). The van der Waals surface area contributed by atoms with Crippen molar-refractivity contribution in [1.29, 1.82) is 0 Å². The van der Waals surface area contributed by atoms with E-state index in [0.29, 0.717) is 10.6 Å². The SMILES string of the molecule is CC1(c2ccccc2)C(=O)N(OC(F)F)CC1N. The molecule has 1 saturated heterocycles. The molecule has 1 aromatic rings. The Balaban J connectivity index is 2.31. The smallest absolute Gasteiger partial charge is 0.325 e. The van der Waals surface area contributed by atoms with Crippen molar-refractivity contribution in [2.45, 2.75) is 25.0 Å². The summed E-state index contributed by atoms with van der Waals surface area (Å²) in [5, 5.41) is 0.655. The van der Waals surface area contributed by atoms with Crippen LogP contribution in [0.2, 0.25) is 0 Å². The number of halogens is 2. The van der Waals surface area contributed by atoms with Crippen molar-refractivity contribution in [2.24, 2.45) is 5.73 Å². The highest BCUT2D eigenvalue weighted by molar-refractivity contribution is 5.90. The molecule has 0 spiro atoms. The van der Waals surface area contributed by atoms with Crippen molar-refractivity contribution in [3.63, 3.8) is 0 Å². The van der Waals surface area contributed by atoms with Crippen LogP contribution in [-0.2, 0) is 15.0 Å². The first-order valence-corrected chi connectivity index (χ1v) is 5.54. The van der Waals surface area contributed by atoms with Crippen molar-refractivity contribution in [3.05, 3.63) is 35.9 Å². The third-order valence-corrected chi connectivity index (χ3v) is 3.36.